The second-order valence-electron chi connectivity index (χ2n) is 2.71. The lowest BCUT2D eigenvalue weighted by atomic mass is 10.4. The molecule has 0 atom stereocenters. The molecule has 5 heteroatoms. The maximum absolute atomic E-state index is 13.2. The number of nitrogens with zero attached hydrogens (tertiary/aromatic N) is 2. The van der Waals surface area contributed by atoms with Crippen molar-refractivity contribution in [3.05, 3.63) is 33.6 Å². The number of furan rings is 1. The molecule has 0 aliphatic heterocycles. The van der Waals surface area contributed by atoms with E-state index in [1.54, 1.807) is 19.1 Å². The summed E-state index contributed by atoms with van der Waals surface area (Å²) in [6.07, 6.45) is 1.50. The molecule has 14 heavy (non-hydrogen) atoms. The van der Waals surface area contributed by atoms with Gasteiger partial charge in [0.1, 0.15) is 0 Å². The summed E-state index contributed by atoms with van der Waals surface area (Å²) in [6, 6.07) is 3.41. The van der Waals surface area contributed by atoms with Crippen molar-refractivity contribution in [2.24, 2.45) is 0 Å². The predicted octanol–water partition coefficient (Wildman–Crippen LogP) is 2.79. The van der Waals surface area contributed by atoms with E-state index in [9.17, 15) is 4.39 Å². The van der Waals surface area contributed by atoms with Gasteiger partial charge in [0.2, 0.25) is 5.95 Å². The van der Waals surface area contributed by atoms with Crippen LogP contribution >= 0.6 is 22.6 Å². The highest BCUT2D eigenvalue weighted by atomic mass is 127. The first-order valence-corrected chi connectivity index (χ1v) is 5.00. The predicted molar refractivity (Wildman–Crippen MR) is 57.1 cm³/mol. The topological polar surface area (TPSA) is 38.9 Å². The van der Waals surface area contributed by atoms with E-state index in [4.69, 9.17) is 4.42 Å². The van der Waals surface area contributed by atoms with Crippen molar-refractivity contribution in [1.29, 1.82) is 0 Å². The summed E-state index contributed by atoms with van der Waals surface area (Å²) in [6.45, 7) is 1.74. The van der Waals surface area contributed by atoms with Gasteiger partial charge >= 0.3 is 0 Å². The fraction of sp³-hybridized carbons (Fsp3) is 0.111. The second kappa shape index (κ2) is 3.64. The van der Waals surface area contributed by atoms with E-state index in [2.05, 4.69) is 9.97 Å². The molecule has 0 spiro atoms. The molecule has 2 aromatic heterocycles. The van der Waals surface area contributed by atoms with E-state index in [1.807, 2.05) is 22.6 Å². The molecule has 2 aromatic rings. The van der Waals surface area contributed by atoms with E-state index in [-0.39, 0.29) is 5.82 Å². The highest BCUT2D eigenvalue weighted by molar-refractivity contribution is 14.1. The van der Waals surface area contributed by atoms with Gasteiger partial charge in [-0.3, -0.25) is 0 Å². The maximum Gasteiger partial charge on any atom is 0.230 e. The molecule has 72 valence electrons. The van der Waals surface area contributed by atoms with Crippen molar-refractivity contribution >= 4 is 22.6 Å². The fourth-order valence-electron chi connectivity index (χ4n) is 1.04. The van der Waals surface area contributed by atoms with Gasteiger partial charge in [0, 0.05) is 0 Å². The summed E-state index contributed by atoms with van der Waals surface area (Å²) in [4.78, 5) is 7.82. The first-order valence-electron chi connectivity index (χ1n) is 3.92. The first-order chi connectivity index (χ1) is 6.68. The van der Waals surface area contributed by atoms with Gasteiger partial charge in [-0.05, 0) is 41.6 Å². The normalized spacial score (nSPS) is 10.5. The molecule has 0 aliphatic carbocycles. The van der Waals surface area contributed by atoms with Crippen molar-refractivity contribution in [3.8, 4) is 11.6 Å². The van der Waals surface area contributed by atoms with Crippen LogP contribution in [0.5, 0.6) is 0 Å². The van der Waals surface area contributed by atoms with Crippen LogP contribution in [0.15, 0.2) is 22.8 Å². The third kappa shape index (κ3) is 1.63. The van der Waals surface area contributed by atoms with Gasteiger partial charge in [0.15, 0.2) is 11.6 Å². The summed E-state index contributed by atoms with van der Waals surface area (Å²) in [5, 5.41) is 0. The minimum Gasteiger partial charge on any atom is -0.461 e. The molecular weight excluding hydrogens is 298 g/mol. The number of aromatic nitrogens is 2. The SMILES string of the molecule is Cc1nc(-c2ccco2)nc(F)c1I. The largest absolute Gasteiger partial charge is 0.461 e. The Balaban J connectivity index is 2.57. The monoisotopic (exact) mass is 304 g/mol. The number of aryl methyl sites for hydroxylation is 1. The van der Waals surface area contributed by atoms with Crippen LogP contribution in [-0.2, 0) is 0 Å². The molecule has 0 radical (unpaired) electrons. The van der Waals surface area contributed by atoms with Crippen LogP contribution in [0.25, 0.3) is 11.6 Å². The summed E-state index contributed by atoms with van der Waals surface area (Å²) in [5.41, 5.74) is 0.615. The molecule has 0 fully saturated rings. The molecule has 0 unspecified atom stereocenters. The Labute approximate surface area is 93.5 Å². The Kier molecular flexibility index (Phi) is 2.49. The van der Waals surface area contributed by atoms with E-state index in [0.29, 0.717) is 15.0 Å². The van der Waals surface area contributed by atoms with Crippen molar-refractivity contribution < 1.29 is 8.81 Å². The Morgan fingerprint density at radius 2 is 2.21 bits per heavy atom. The second-order valence-corrected chi connectivity index (χ2v) is 3.79. The molecule has 2 heterocycles. The Bertz CT molecular complexity index is 433. The Hall–Kier alpha value is -0.980. The number of halogens is 2. The lowest BCUT2D eigenvalue weighted by molar-refractivity contribution is 0.551. The van der Waals surface area contributed by atoms with Gasteiger partial charge in [-0.1, -0.05) is 0 Å². The summed E-state index contributed by atoms with van der Waals surface area (Å²) < 4.78 is 18.7. The summed E-state index contributed by atoms with van der Waals surface area (Å²) in [5.74, 6) is 0.248. The Morgan fingerprint density at radius 3 is 2.79 bits per heavy atom. The van der Waals surface area contributed by atoms with Gasteiger partial charge in [-0.2, -0.15) is 9.37 Å². The van der Waals surface area contributed by atoms with E-state index >= 15 is 0 Å². The molecule has 0 saturated heterocycles. The summed E-state index contributed by atoms with van der Waals surface area (Å²) in [7, 11) is 0. The lowest BCUT2D eigenvalue weighted by Crippen LogP contribution is -1.99. The molecule has 0 amide bonds. The first kappa shape index (κ1) is 9.57. The van der Waals surface area contributed by atoms with Crippen molar-refractivity contribution in [2.45, 2.75) is 6.92 Å². The zero-order chi connectivity index (χ0) is 10.1. The lowest BCUT2D eigenvalue weighted by Gasteiger charge is -2.00. The van der Waals surface area contributed by atoms with E-state index < -0.39 is 5.95 Å². The van der Waals surface area contributed by atoms with Gasteiger partial charge in [-0.25, -0.2) is 4.98 Å². The van der Waals surface area contributed by atoms with Crippen molar-refractivity contribution in [2.75, 3.05) is 0 Å². The van der Waals surface area contributed by atoms with Gasteiger partial charge in [-0.15, -0.1) is 0 Å². The van der Waals surface area contributed by atoms with E-state index in [0.717, 1.165) is 0 Å². The smallest absolute Gasteiger partial charge is 0.230 e. The molecule has 3 nitrogen and oxygen atoms in total. The van der Waals surface area contributed by atoms with Gasteiger partial charge in [0.05, 0.1) is 15.5 Å². The van der Waals surface area contributed by atoms with Crippen LogP contribution in [-0.4, -0.2) is 9.97 Å². The molecule has 0 saturated carbocycles. The third-order valence-corrected chi connectivity index (χ3v) is 2.94. The minimum atomic E-state index is -0.510. The van der Waals surface area contributed by atoms with Crippen LogP contribution in [0.2, 0.25) is 0 Å². The average molecular weight is 304 g/mol. The molecule has 0 bridgehead atoms. The Morgan fingerprint density at radius 1 is 1.43 bits per heavy atom. The minimum absolute atomic E-state index is 0.283. The van der Waals surface area contributed by atoms with Gasteiger partial charge in [0.25, 0.3) is 0 Å². The van der Waals surface area contributed by atoms with Crippen LogP contribution in [0.3, 0.4) is 0 Å². The highest BCUT2D eigenvalue weighted by Crippen LogP contribution is 2.19. The van der Waals surface area contributed by atoms with Crippen LogP contribution in [0, 0.1) is 16.4 Å². The number of hydrogen-bond donors (Lipinski definition) is 0. The fourth-order valence-corrected chi connectivity index (χ4v) is 1.28. The van der Waals surface area contributed by atoms with Crippen LogP contribution < -0.4 is 0 Å². The highest BCUT2D eigenvalue weighted by Gasteiger charge is 2.11. The van der Waals surface area contributed by atoms with Crippen molar-refractivity contribution in [3.63, 3.8) is 0 Å². The van der Waals surface area contributed by atoms with Crippen molar-refractivity contribution in [1.82, 2.24) is 9.97 Å². The van der Waals surface area contributed by atoms with E-state index in [1.165, 1.54) is 6.26 Å². The standard InChI is InChI=1S/C9H6FIN2O/c1-5-7(11)8(10)13-9(12-5)6-3-2-4-14-6/h2-4H,1H3. The zero-order valence-corrected chi connectivity index (χ0v) is 9.45. The van der Waals surface area contributed by atoms with Crippen LogP contribution in [0.4, 0.5) is 4.39 Å². The average Bonchev–Trinajstić information content (AvgIpc) is 2.66. The molecule has 0 aliphatic rings. The van der Waals surface area contributed by atoms with Crippen LogP contribution in [0.1, 0.15) is 5.69 Å². The molecule has 0 aromatic carbocycles. The molecular formula is C9H6FIN2O. The summed E-state index contributed by atoms with van der Waals surface area (Å²) >= 11 is 1.87. The molecule has 2 rings (SSSR count). The maximum atomic E-state index is 13.2. The number of rotatable bonds is 1. The third-order valence-electron chi connectivity index (χ3n) is 1.72. The molecule has 0 N–H and O–H groups in total. The quantitative estimate of drug-likeness (QED) is 0.601. The zero-order valence-electron chi connectivity index (χ0n) is 7.29. The van der Waals surface area contributed by atoms with Gasteiger partial charge < -0.3 is 4.42 Å². The number of hydrogen-bond acceptors (Lipinski definition) is 3.